The number of thioether (sulfide) groups is 1. The first-order valence-corrected chi connectivity index (χ1v) is 14.7. The van der Waals surface area contributed by atoms with Crippen molar-refractivity contribution in [2.75, 3.05) is 32.5 Å². The van der Waals surface area contributed by atoms with Gasteiger partial charge in [0.25, 0.3) is 0 Å². The van der Waals surface area contributed by atoms with E-state index in [0.29, 0.717) is 24.7 Å². The van der Waals surface area contributed by atoms with Gasteiger partial charge in [0.15, 0.2) is 0 Å². The van der Waals surface area contributed by atoms with Crippen molar-refractivity contribution >= 4 is 40.2 Å². The molecule has 1 unspecified atom stereocenters. The summed E-state index contributed by atoms with van der Waals surface area (Å²) in [6.45, 7) is 2.96. The van der Waals surface area contributed by atoms with E-state index in [2.05, 4.69) is 22.0 Å². The van der Waals surface area contributed by atoms with Crippen LogP contribution in [0.4, 0.5) is 0 Å². The van der Waals surface area contributed by atoms with Crippen molar-refractivity contribution in [3.8, 4) is 5.75 Å². The van der Waals surface area contributed by atoms with Crippen molar-refractivity contribution in [1.29, 1.82) is 0 Å². The number of carboxylic acids is 1. The molecule has 204 valence electrons. The van der Waals surface area contributed by atoms with Crippen LogP contribution in [-0.4, -0.2) is 58.6 Å². The Bertz CT molecular complexity index is 1190. The van der Waals surface area contributed by atoms with E-state index in [1.807, 2.05) is 48.2 Å². The number of ether oxygens (including phenoxy) is 1. The fraction of sp³-hybridized carbons (Fsp3) is 0.467. The number of benzene rings is 2. The Kier molecular flexibility index (Phi) is 10.7. The first kappa shape index (κ1) is 28.7. The van der Waals surface area contributed by atoms with Gasteiger partial charge in [-0.2, -0.15) is 0 Å². The normalized spacial score (nSPS) is 18.9. The monoisotopic (exact) mass is 556 g/mol. The minimum atomic E-state index is -0.738. The number of likely N-dealkylation sites (tertiary alicyclic amines) is 1. The summed E-state index contributed by atoms with van der Waals surface area (Å²) in [5, 5.41) is 22.1. The summed E-state index contributed by atoms with van der Waals surface area (Å²) in [4.78, 5) is 19.5. The second kappa shape index (κ2) is 14.2. The summed E-state index contributed by atoms with van der Waals surface area (Å²) >= 11 is 7.82. The lowest BCUT2D eigenvalue weighted by atomic mass is 9.79. The molecule has 1 aliphatic rings. The van der Waals surface area contributed by atoms with Gasteiger partial charge >= 0.3 is 5.97 Å². The largest absolute Gasteiger partial charge is 0.497 e. The number of piperidine rings is 1. The first-order valence-electron chi connectivity index (χ1n) is 13.4. The zero-order valence-corrected chi connectivity index (χ0v) is 23.5. The van der Waals surface area contributed by atoms with Crippen LogP contribution < -0.4 is 4.74 Å². The van der Waals surface area contributed by atoms with Crippen molar-refractivity contribution in [3.05, 3.63) is 65.3 Å². The number of methoxy groups -OCH3 is 1. The third-order valence-corrected chi connectivity index (χ3v) is 8.91. The number of aliphatic hydroxyl groups is 1. The van der Waals surface area contributed by atoms with Crippen LogP contribution in [0.2, 0.25) is 5.02 Å². The van der Waals surface area contributed by atoms with Crippen LogP contribution in [0.3, 0.4) is 0 Å². The van der Waals surface area contributed by atoms with Gasteiger partial charge in [0, 0.05) is 34.5 Å². The number of rotatable bonds is 13. The van der Waals surface area contributed by atoms with E-state index < -0.39 is 12.1 Å². The predicted octanol–water partition coefficient (Wildman–Crippen LogP) is 6.70. The molecule has 2 N–H and O–H groups in total. The number of aliphatic hydroxyl groups excluding tert-OH is 1. The molecule has 0 saturated carbocycles. The zero-order valence-electron chi connectivity index (χ0n) is 21.9. The first-order chi connectivity index (χ1) is 18.4. The number of carbonyl (C=O) groups is 1. The number of fused-ring (bicyclic) bond motifs is 1. The van der Waals surface area contributed by atoms with Crippen LogP contribution in [0.25, 0.3) is 10.9 Å². The number of aromatic nitrogens is 1. The molecule has 3 atom stereocenters. The third-order valence-electron chi connectivity index (χ3n) is 7.56. The molecule has 0 amide bonds. The average molecular weight is 557 g/mol. The molecule has 0 aliphatic carbocycles. The number of pyridine rings is 1. The highest BCUT2D eigenvalue weighted by Crippen LogP contribution is 2.35. The molecule has 1 aromatic heterocycles. The Morgan fingerprint density at radius 1 is 1.18 bits per heavy atom. The molecule has 6 nitrogen and oxygen atoms in total. The number of carboxylic acid groups (broad SMARTS) is 1. The Morgan fingerprint density at radius 2 is 2.00 bits per heavy atom. The van der Waals surface area contributed by atoms with E-state index in [-0.39, 0.29) is 6.42 Å². The zero-order chi connectivity index (χ0) is 26.9. The Balaban J connectivity index is 1.31. The van der Waals surface area contributed by atoms with Gasteiger partial charge in [-0.25, -0.2) is 0 Å². The molecule has 0 radical (unpaired) electrons. The summed E-state index contributed by atoms with van der Waals surface area (Å²) in [5.74, 6) is 1.78. The van der Waals surface area contributed by atoms with Gasteiger partial charge in [0.05, 0.1) is 18.7 Å². The molecule has 2 aromatic carbocycles. The van der Waals surface area contributed by atoms with Gasteiger partial charge in [0.2, 0.25) is 0 Å². The molecule has 1 saturated heterocycles. The highest BCUT2D eigenvalue weighted by atomic mass is 35.5. The van der Waals surface area contributed by atoms with E-state index in [9.17, 15) is 15.0 Å². The molecule has 3 aromatic rings. The van der Waals surface area contributed by atoms with E-state index in [0.717, 1.165) is 71.9 Å². The Labute approximate surface area is 234 Å². The molecule has 38 heavy (non-hydrogen) atoms. The lowest BCUT2D eigenvalue weighted by Crippen LogP contribution is -2.41. The van der Waals surface area contributed by atoms with Crippen molar-refractivity contribution in [1.82, 2.24) is 9.88 Å². The molecular weight excluding hydrogens is 520 g/mol. The van der Waals surface area contributed by atoms with Crippen LogP contribution in [0.15, 0.2) is 59.6 Å². The smallest absolute Gasteiger partial charge is 0.303 e. The highest BCUT2D eigenvalue weighted by Gasteiger charge is 2.30. The van der Waals surface area contributed by atoms with Crippen LogP contribution in [0, 0.1) is 11.8 Å². The molecule has 1 fully saturated rings. The Morgan fingerprint density at radius 3 is 2.76 bits per heavy atom. The molecule has 0 spiro atoms. The standard InChI is InChI=1S/C30H37ClN2O4S/c1-37-24-7-10-28-27(19-24)26(13-15-32-28)29(34)11-3-21-14-17-33(20-22(21)4-12-30(35)36)16-2-18-38-25-8-5-23(31)6-9-25/h5-10,13,15,19,21-22,29,34H,2-4,11-12,14,16-18,20H2,1H3,(H,35,36)/t21-,22+,29?/m1/s1. The number of hydrogen-bond donors (Lipinski definition) is 2. The summed E-state index contributed by atoms with van der Waals surface area (Å²) in [5.41, 5.74) is 1.70. The quantitative estimate of drug-likeness (QED) is 0.179. The lowest BCUT2D eigenvalue weighted by molar-refractivity contribution is -0.137. The van der Waals surface area contributed by atoms with Crippen molar-refractivity contribution in [2.45, 2.75) is 49.5 Å². The van der Waals surface area contributed by atoms with Crippen molar-refractivity contribution in [3.63, 3.8) is 0 Å². The predicted molar refractivity (Wildman–Crippen MR) is 154 cm³/mol. The number of halogens is 1. The molecular formula is C30H37ClN2O4S. The van der Waals surface area contributed by atoms with Gasteiger partial charge in [-0.1, -0.05) is 11.6 Å². The average Bonchev–Trinajstić information content (AvgIpc) is 2.93. The summed E-state index contributed by atoms with van der Waals surface area (Å²) in [6, 6.07) is 15.6. The van der Waals surface area contributed by atoms with Crippen LogP contribution in [0.1, 0.15) is 50.2 Å². The minimum Gasteiger partial charge on any atom is -0.497 e. The van der Waals surface area contributed by atoms with Gasteiger partial charge in [-0.3, -0.25) is 9.78 Å². The van der Waals surface area contributed by atoms with Gasteiger partial charge in [-0.15, -0.1) is 11.8 Å². The van der Waals surface area contributed by atoms with Gasteiger partial charge < -0.3 is 19.8 Å². The summed E-state index contributed by atoms with van der Waals surface area (Å²) in [6.07, 6.45) is 5.65. The highest BCUT2D eigenvalue weighted by molar-refractivity contribution is 7.99. The maximum atomic E-state index is 11.3. The van der Waals surface area contributed by atoms with Gasteiger partial charge in [0.1, 0.15) is 5.75 Å². The lowest BCUT2D eigenvalue weighted by Gasteiger charge is -2.39. The fourth-order valence-corrected chi connectivity index (χ4v) is 6.44. The van der Waals surface area contributed by atoms with Crippen molar-refractivity contribution < 1.29 is 19.7 Å². The van der Waals surface area contributed by atoms with Crippen molar-refractivity contribution in [2.24, 2.45) is 11.8 Å². The van der Waals surface area contributed by atoms with Crippen LogP contribution >= 0.6 is 23.4 Å². The molecule has 1 aliphatic heterocycles. The number of nitrogens with zero attached hydrogens (tertiary/aromatic N) is 2. The molecule has 0 bridgehead atoms. The van der Waals surface area contributed by atoms with Crippen LogP contribution in [-0.2, 0) is 4.79 Å². The Hall–Kier alpha value is -2.32. The van der Waals surface area contributed by atoms with E-state index >= 15 is 0 Å². The van der Waals surface area contributed by atoms with Gasteiger partial charge in [-0.05, 0) is 117 Å². The topological polar surface area (TPSA) is 82.9 Å². The van der Waals surface area contributed by atoms with E-state index in [4.69, 9.17) is 16.3 Å². The van der Waals surface area contributed by atoms with E-state index in [1.54, 1.807) is 13.3 Å². The minimum absolute atomic E-state index is 0.193. The maximum Gasteiger partial charge on any atom is 0.303 e. The number of hydrogen-bond acceptors (Lipinski definition) is 6. The maximum absolute atomic E-state index is 11.3. The van der Waals surface area contributed by atoms with E-state index in [1.165, 1.54) is 4.90 Å². The molecule has 4 rings (SSSR count). The molecule has 8 heteroatoms. The third kappa shape index (κ3) is 8.09. The molecule has 2 heterocycles. The van der Waals surface area contributed by atoms with Crippen LogP contribution in [0.5, 0.6) is 5.75 Å². The summed E-state index contributed by atoms with van der Waals surface area (Å²) in [7, 11) is 1.63. The second-order valence-corrected chi connectivity index (χ2v) is 11.7. The SMILES string of the molecule is COc1ccc2nccc(C(O)CC[C@@H]3CCN(CCCSc4ccc(Cl)cc4)C[C@@H]3CCC(=O)O)c2c1. The summed E-state index contributed by atoms with van der Waals surface area (Å²) < 4.78 is 5.38. The fourth-order valence-electron chi connectivity index (χ4n) is 5.48. The second-order valence-electron chi connectivity index (χ2n) is 10.1. The number of aliphatic carboxylic acids is 1.